The van der Waals surface area contributed by atoms with Gasteiger partial charge in [-0.15, -0.1) is 0 Å². The molecular formula is C15H22Cl2F2N4O3S. The monoisotopic (exact) mass is 446 g/mol. The maximum atomic E-state index is 12.6. The number of guanidine groups is 1. The second-order valence-electron chi connectivity index (χ2n) is 5.26. The van der Waals surface area contributed by atoms with Crippen LogP contribution in [0.4, 0.5) is 8.78 Å². The van der Waals surface area contributed by atoms with Gasteiger partial charge in [0, 0.05) is 37.3 Å². The zero-order valence-electron chi connectivity index (χ0n) is 14.9. The van der Waals surface area contributed by atoms with E-state index in [4.69, 9.17) is 23.2 Å². The number of rotatable bonds is 10. The van der Waals surface area contributed by atoms with Crippen molar-refractivity contribution in [2.24, 2.45) is 4.99 Å². The predicted octanol–water partition coefficient (Wildman–Crippen LogP) is 2.59. The minimum absolute atomic E-state index is 0.0224. The molecule has 0 unspecified atom stereocenters. The first-order chi connectivity index (χ1) is 12.7. The molecule has 1 aromatic rings. The van der Waals surface area contributed by atoms with Crippen molar-refractivity contribution in [2.45, 2.75) is 26.5 Å². The summed E-state index contributed by atoms with van der Waals surface area (Å²) in [5.41, 5.74) is 0.339. The average molecular weight is 447 g/mol. The molecule has 1 rings (SSSR count). The van der Waals surface area contributed by atoms with Gasteiger partial charge in [-0.2, -0.15) is 8.78 Å². The number of hydrogen-bond acceptors (Lipinski definition) is 4. The molecule has 0 fully saturated rings. The molecule has 0 aliphatic carbocycles. The van der Waals surface area contributed by atoms with Gasteiger partial charge in [-0.1, -0.05) is 23.2 Å². The van der Waals surface area contributed by atoms with Crippen molar-refractivity contribution in [2.75, 3.05) is 25.9 Å². The summed E-state index contributed by atoms with van der Waals surface area (Å²) < 4.78 is 54.7. The highest BCUT2D eigenvalue weighted by Gasteiger charge is 2.15. The Hall–Kier alpha value is -1.36. The van der Waals surface area contributed by atoms with Crippen LogP contribution in [0.5, 0.6) is 5.75 Å². The Bertz CT molecular complexity index is 749. The zero-order chi connectivity index (χ0) is 20.4. The number of sulfonamides is 1. The Morgan fingerprint density at radius 3 is 2.56 bits per heavy atom. The highest BCUT2D eigenvalue weighted by molar-refractivity contribution is 7.89. The van der Waals surface area contributed by atoms with Crippen molar-refractivity contribution in [3.05, 3.63) is 27.7 Å². The molecule has 12 heteroatoms. The van der Waals surface area contributed by atoms with E-state index in [1.165, 1.54) is 19.2 Å². The Balaban J connectivity index is 2.58. The van der Waals surface area contributed by atoms with Crippen molar-refractivity contribution in [3.63, 3.8) is 0 Å². The first kappa shape index (κ1) is 23.7. The van der Waals surface area contributed by atoms with Crippen LogP contribution in [0, 0.1) is 0 Å². The largest absolute Gasteiger partial charge is 0.433 e. The number of aliphatic imine (C=N–C) groups is 1. The van der Waals surface area contributed by atoms with E-state index in [0.29, 0.717) is 24.5 Å². The molecule has 0 spiro atoms. The van der Waals surface area contributed by atoms with E-state index >= 15 is 0 Å². The van der Waals surface area contributed by atoms with Gasteiger partial charge in [0.1, 0.15) is 5.75 Å². The fourth-order valence-corrected chi connectivity index (χ4v) is 3.23. The fraction of sp³-hybridized carbons (Fsp3) is 0.533. The predicted molar refractivity (Wildman–Crippen MR) is 103 cm³/mol. The first-order valence-electron chi connectivity index (χ1n) is 8.03. The van der Waals surface area contributed by atoms with Crippen molar-refractivity contribution < 1.29 is 21.9 Å². The maximum Gasteiger partial charge on any atom is 0.387 e. The van der Waals surface area contributed by atoms with Gasteiger partial charge in [-0.25, -0.2) is 13.1 Å². The van der Waals surface area contributed by atoms with Gasteiger partial charge in [0.2, 0.25) is 10.0 Å². The second-order valence-corrected chi connectivity index (χ2v) is 8.20. The Morgan fingerprint density at radius 2 is 1.96 bits per heavy atom. The number of hydrogen-bond donors (Lipinski definition) is 3. The lowest BCUT2D eigenvalue weighted by atomic mass is 10.2. The molecule has 1 aromatic carbocycles. The summed E-state index contributed by atoms with van der Waals surface area (Å²) in [4.78, 5) is 4.00. The van der Waals surface area contributed by atoms with Crippen LogP contribution in [0.1, 0.15) is 18.9 Å². The van der Waals surface area contributed by atoms with Crippen molar-refractivity contribution in [1.82, 2.24) is 15.4 Å². The van der Waals surface area contributed by atoms with E-state index in [1.54, 1.807) is 6.92 Å². The molecule has 0 aliphatic heterocycles. The number of benzene rings is 1. The maximum absolute atomic E-state index is 12.6. The molecule has 0 bridgehead atoms. The Labute approximate surface area is 167 Å². The summed E-state index contributed by atoms with van der Waals surface area (Å²) in [6, 6.07) is 2.78. The van der Waals surface area contributed by atoms with Crippen LogP contribution in [0.2, 0.25) is 10.0 Å². The third-order valence-electron chi connectivity index (χ3n) is 3.31. The number of alkyl halides is 2. The van der Waals surface area contributed by atoms with Crippen LogP contribution < -0.4 is 20.1 Å². The highest BCUT2D eigenvalue weighted by Crippen LogP contribution is 2.33. The molecule has 3 N–H and O–H groups in total. The summed E-state index contributed by atoms with van der Waals surface area (Å²) in [5.74, 6) is 0.259. The Kier molecular flexibility index (Phi) is 10.1. The van der Waals surface area contributed by atoms with E-state index in [0.717, 1.165) is 0 Å². The van der Waals surface area contributed by atoms with Gasteiger partial charge in [0.25, 0.3) is 0 Å². The molecule has 0 atom stereocenters. The topological polar surface area (TPSA) is 91.8 Å². The van der Waals surface area contributed by atoms with Crippen molar-refractivity contribution in [1.29, 1.82) is 0 Å². The third-order valence-corrected chi connectivity index (χ3v) is 5.21. The van der Waals surface area contributed by atoms with Crippen LogP contribution in [0.3, 0.4) is 0 Å². The number of nitrogens with zero attached hydrogens (tertiary/aromatic N) is 1. The second kappa shape index (κ2) is 11.5. The molecule has 0 amide bonds. The molecule has 0 saturated heterocycles. The summed E-state index contributed by atoms with van der Waals surface area (Å²) in [7, 11) is -1.68. The zero-order valence-corrected chi connectivity index (χ0v) is 17.2. The number of nitrogens with one attached hydrogen (secondary N) is 3. The van der Waals surface area contributed by atoms with Gasteiger partial charge in [-0.3, -0.25) is 4.99 Å². The lowest BCUT2D eigenvalue weighted by Crippen LogP contribution is -2.38. The Morgan fingerprint density at radius 1 is 1.26 bits per heavy atom. The van der Waals surface area contributed by atoms with E-state index in [1.807, 2.05) is 0 Å². The molecular weight excluding hydrogens is 425 g/mol. The first-order valence-corrected chi connectivity index (χ1v) is 10.4. The fourth-order valence-electron chi connectivity index (χ4n) is 1.99. The van der Waals surface area contributed by atoms with Crippen LogP contribution in [0.15, 0.2) is 17.1 Å². The van der Waals surface area contributed by atoms with Gasteiger partial charge in [0.05, 0.1) is 10.8 Å². The van der Waals surface area contributed by atoms with Crippen LogP contribution in [-0.4, -0.2) is 46.9 Å². The van der Waals surface area contributed by atoms with Crippen LogP contribution in [-0.2, 0) is 16.6 Å². The number of ether oxygens (including phenoxy) is 1. The van der Waals surface area contributed by atoms with E-state index < -0.39 is 16.6 Å². The van der Waals surface area contributed by atoms with Crippen LogP contribution >= 0.6 is 23.2 Å². The normalized spacial score (nSPS) is 12.3. The van der Waals surface area contributed by atoms with Gasteiger partial charge in [-0.05, 0) is 25.5 Å². The lowest BCUT2D eigenvalue weighted by molar-refractivity contribution is -0.0504. The average Bonchev–Trinajstić information content (AvgIpc) is 2.59. The third kappa shape index (κ3) is 8.91. The van der Waals surface area contributed by atoms with Gasteiger partial charge in [0.15, 0.2) is 5.96 Å². The SMILES string of the molecule is CCS(=O)(=O)NCCCNC(=NC)NCc1cc(Cl)cc(Cl)c1OC(F)F. The molecule has 0 saturated carbocycles. The number of halogens is 4. The minimum Gasteiger partial charge on any atom is -0.433 e. The van der Waals surface area contributed by atoms with Crippen molar-refractivity contribution >= 4 is 39.2 Å². The standard InChI is InChI=1S/C15H22Cl2F2N4O3S/c1-3-27(24,25)23-6-4-5-21-15(20-2)22-9-10-7-11(16)8-12(17)13(10)26-14(18)19/h7-8,14,23H,3-6,9H2,1-2H3,(H2,20,21,22). The molecule has 0 radical (unpaired) electrons. The lowest BCUT2D eigenvalue weighted by Gasteiger charge is -2.16. The van der Waals surface area contributed by atoms with E-state index in [9.17, 15) is 17.2 Å². The smallest absolute Gasteiger partial charge is 0.387 e. The van der Waals surface area contributed by atoms with Gasteiger partial charge < -0.3 is 15.4 Å². The van der Waals surface area contributed by atoms with Crippen molar-refractivity contribution in [3.8, 4) is 5.75 Å². The molecule has 0 aliphatic rings. The summed E-state index contributed by atoms with van der Waals surface area (Å²) >= 11 is 11.8. The van der Waals surface area contributed by atoms with E-state index in [2.05, 4.69) is 25.1 Å². The summed E-state index contributed by atoms with van der Waals surface area (Å²) in [6.07, 6.45) is 0.530. The highest BCUT2D eigenvalue weighted by atomic mass is 35.5. The summed E-state index contributed by atoms with van der Waals surface area (Å²) in [6.45, 7) is -0.643. The van der Waals surface area contributed by atoms with Gasteiger partial charge >= 0.3 is 6.61 Å². The molecule has 7 nitrogen and oxygen atoms in total. The quantitative estimate of drug-likeness (QED) is 0.291. The van der Waals surface area contributed by atoms with Crippen LogP contribution in [0.25, 0.3) is 0 Å². The molecule has 0 heterocycles. The summed E-state index contributed by atoms with van der Waals surface area (Å²) in [5, 5.41) is 6.17. The molecule has 154 valence electrons. The molecule has 0 aromatic heterocycles. The minimum atomic E-state index is -3.22. The molecule has 27 heavy (non-hydrogen) atoms. The van der Waals surface area contributed by atoms with E-state index in [-0.39, 0.29) is 34.6 Å².